The standard InChI is InChI=1S/C72H137NO5/c1-3-5-7-9-11-13-15-17-19-21-23-24-25-29-32-36-40-44-48-52-56-60-64-70(75)69(68-74)73-71(76)65-61-57-53-49-45-41-37-33-30-26-27-31-35-39-43-47-51-55-59-63-67-78-72(77)66-62-58-54-50-46-42-38-34-28-22-20-18-16-14-12-10-8-6-4-2/h12,14,18,20,26,30,69-70,74-75H,3-11,13,15-17,19,21-25,27-29,31-68H2,1-2H3,(H,73,76)/b14-12-,20-18-,30-26-. The zero-order valence-electron chi connectivity index (χ0n) is 52.7. The first kappa shape index (κ1) is 76.1. The lowest BCUT2D eigenvalue weighted by atomic mass is 10.0. The third kappa shape index (κ3) is 63.3. The molecule has 1 amide bonds. The van der Waals surface area contributed by atoms with Crippen molar-refractivity contribution in [2.45, 2.75) is 398 Å². The highest BCUT2D eigenvalue weighted by Gasteiger charge is 2.20. The van der Waals surface area contributed by atoms with Gasteiger partial charge in [0.05, 0.1) is 25.4 Å². The van der Waals surface area contributed by atoms with Crippen molar-refractivity contribution in [3.8, 4) is 0 Å². The number of carbonyl (C=O) groups excluding carboxylic acids is 2. The molecule has 0 spiro atoms. The largest absolute Gasteiger partial charge is 0.466 e. The highest BCUT2D eigenvalue weighted by atomic mass is 16.5. The smallest absolute Gasteiger partial charge is 0.305 e. The summed E-state index contributed by atoms with van der Waals surface area (Å²) in [6, 6.07) is -0.550. The number of ether oxygens (including phenoxy) is 1. The summed E-state index contributed by atoms with van der Waals surface area (Å²) in [4.78, 5) is 24.7. The van der Waals surface area contributed by atoms with Gasteiger partial charge in [-0.2, -0.15) is 0 Å². The highest BCUT2D eigenvalue weighted by Crippen LogP contribution is 2.18. The summed E-state index contributed by atoms with van der Waals surface area (Å²) in [7, 11) is 0. The molecule has 0 saturated heterocycles. The first-order valence-corrected chi connectivity index (χ1v) is 35.2. The Kier molecular flexibility index (Phi) is 65.9. The van der Waals surface area contributed by atoms with E-state index in [0.29, 0.717) is 25.9 Å². The van der Waals surface area contributed by atoms with Crippen LogP contribution in [0.15, 0.2) is 36.5 Å². The van der Waals surface area contributed by atoms with Crippen LogP contribution < -0.4 is 5.32 Å². The SMILES string of the molecule is CCCCC/C=C\C/C=C\CCCCCCCCCCCC(=O)OCCCCCCCCCCC/C=C\CCCCCCCCCC(=O)NC(CO)C(O)CCCCCCCCCCCCCCCCCCCCCCCC. The van der Waals surface area contributed by atoms with Gasteiger partial charge >= 0.3 is 5.97 Å². The predicted octanol–water partition coefficient (Wildman–Crippen LogP) is 22.7. The van der Waals surface area contributed by atoms with E-state index in [2.05, 4.69) is 55.6 Å². The van der Waals surface area contributed by atoms with Gasteiger partial charge in [0.25, 0.3) is 0 Å². The number of carbonyl (C=O) groups is 2. The number of hydrogen-bond acceptors (Lipinski definition) is 5. The van der Waals surface area contributed by atoms with Gasteiger partial charge in [-0.3, -0.25) is 9.59 Å². The Hall–Kier alpha value is -1.92. The topological polar surface area (TPSA) is 95.9 Å². The maximum Gasteiger partial charge on any atom is 0.305 e. The van der Waals surface area contributed by atoms with Crippen molar-refractivity contribution in [1.29, 1.82) is 0 Å². The molecule has 0 bridgehead atoms. The molecule has 78 heavy (non-hydrogen) atoms. The predicted molar refractivity (Wildman–Crippen MR) is 343 cm³/mol. The lowest BCUT2D eigenvalue weighted by molar-refractivity contribution is -0.143. The molecule has 0 radical (unpaired) electrons. The van der Waals surface area contributed by atoms with Crippen LogP contribution in [0.1, 0.15) is 386 Å². The van der Waals surface area contributed by atoms with E-state index in [1.54, 1.807) is 0 Å². The second-order valence-electron chi connectivity index (χ2n) is 24.2. The average molecular weight is 1100 g/mol. The van der Waals surface area contributed by atoms with Crippen LogP contribution in [0.4, 0.5) is 0 Å². The fourth-order valence-corrected chi connectivity index (χ4v) is 11.0. The summed E-state index contributed by atoms with van der Waals surface area (Å²) in [5.74, 6) is -0.0366. The number of amides is 1. The number of esters is 1. The summed E-state index contributed by atoms with van der Waals surface area (Å²) in [6.45, 7) is 4.95. The Labute approximate surface area is 487 Å². The first-order valence-electron chi connectivity index (χ1n) is 35.2. The van der Waals surface area contributed by atoms with E-state index in [1.165, 1.54) is 302 Å². The van der Waals surface area contributed by atoms with E-state index < -0.39 is 12.1 Å². The molecule has 6 heteroatoms. The normalized spacial score (nSPS) is 12.7. The quantitative estimate of drug-likeness (QED) is 0.0320. The Morgan fingerprint density at radius 1 is 0.359 bits per heavy atom. The Balaban J connectivity index is 3.42. The van der Waals surface area contributed by atoms with Crippen molar-refractivity contribution in [3.05, 3.63) is 36.5 Å². The maximum absolute atomic E-state index is 12.5. The lowest BCUT2D eigenvalue weighted by Gasteiger charge is -2.22. The molecule has 2 unspecified atom stereocenters. The molecule has 0 rings (SSSR count). The van der Waals surface area contributed by atoms with Crippen molar-refractivity contribution < 1.29 is 24.5 Å². The minimum absolute atomic E-state index is 0.00326. The summed E-state index contributed by atoms with van der Waals surface area (Å²) in [5, 5.41) is 23.4. The summed E-state index contributed by atoms with van der Waals surface area (Å²) in [6.07, 6.45) is 86.1. The van der Waals surface area contributed by atoms with Gasteiger partial charge in [-0.15, -0.1) is 0 Å². The number of unbranched alkanes of at least 4 members (excludes halogenated alkanes) is 49. The number of rotatable bonds is 66. The molecular formula is C72H137NO5. The number of aliphatic hydroxyl groups excluding tert-OH is 2. The number of aliphatic hydroxyl groups is 2. The fourth-order valence-electron chi connectivity index (χ4n) is 11.0. The van der Waals surface area contributed by atoms with Crippen LogP contribution in [0.2, 0.25) is 0 Å². The van der Waals surface area contributed by atoms with Gasteiger partial charge < -0.3 is 20.3 Å². The van der Waals surface area contributed by atoms with Crippen molar-refractivity contribution in [3.63, 3.8) is 0 Å². The minimum Gasteiger partial charge on any atom is -0.466 e. The van der Waals surface area contributed by atoms with E-state index in [-0.39, 0.29) is 18.5 Å². The molecule has 0 fully saturated rings. The molecule has 460 valence electrons. The molecule has 0 heterocycles. The van der Waals surface area contributed by atoms with E-state index in [9.17, 15) is 19.8 Å². The van der Waals surface area contributed by atoms with Crippen molar-refractivity contribution in [2.75, 3.05) is 13.2 Å². The fraction of sp³-hybridized carbons (Fsp3) is 0.889. The van der Waals surface area contributed by atoms with Crippen LogP contribution in [0, 0.1) is 0 Å². The van der Waals surface area contributed by atoms with Crippen LogP contribution in [-0.2, 0) is 14.3 Å². The summed E-state index contributed by atoms with van der Waals surface area (Å²) in [5.41, 5.74) is 0. The van der Waals surface area contributed by atoms with Crippen LogP contribution in [0.5, 0.6) is 0 Å². The molecule has 0 aromatic carbocycles. The number of allylic oxidation sites excluding steroid dienone is 6. The van der Waals surface area contributed by atoms with Crippen molar-refractivity contribution >= 4 is 11.9 Å². The molecule has 0 aromatic heterocycles. The van der Waals surface area contributed by atoms with Gasteiger partial charge in [-0.1, -0.05) is 326 Å². The van der Waals surface area contributed by atoms with Gasteiger partial charge in [-0.05, 0) is 83.5 Å². The molecule has 0 aliphatic heterocycles. The summed E-state index contributed by atoms with van der Waals surface area (Å²) >= 11 is 0. The molecule has 6 nitrogen and oxygen atoms in total. The first-order chi connectivity index (χ1) is 38.5. The number of hydrogen-bond donors (Lipinski definition) is 3. The van der Waals surface area contributed by atoms with E-state index in [0.717, 1.165) is 51.4 Å². The van der Waals surface area contributed by atoms with Crippen LogP contribution >= 0.6 is 0 Å². The van der Waals surface area contributed by atoms with Gasteiger partial charge in [0.2, 0.25) is 5.91 Å². The Bertz CT molecular complexity index is 1260. The third-order valence-corrected chi connectivity index (χ3v) is 16.4. The molecule has 0 aromatic rings. The molecule has 0 aliphatic carbocycles. The van der Waals surface area contributed by atoms with Gasteiger partial charge in [0, 0.05) is 12.8 Å². The van der Waals surface area contributed by atoms with Crippen LogP contribution in [0.25, 0.3) is 0 Å². The Morgan fingerprint density at radius 3 is 1.01 bits per heavy atom. The Morgan fingerprint density at radius 2 is 0.641 bits per heavy atom. The van der Waals surface area contributed by atoms with Gasteiger partial charge in [0.15, 0.2) is 0 Å². The zero-order valence-corrected chi connectivity index (χ0v) is 52.7. The number of nitrogens with one attached hydrogen (secondary N) is 1. The zero-order chi connectivity index (χ0) is 56.4. The monoisotopic (exact) mass is 1100 g/mol. The highest BCUT2D eigenvalue weighted by molar-refractivity contribution is 5.76. The second-order valence-corrected chi connectivity index (χ2v) is 24.2. The van der Waals surface area contributed by atoms with Crippen molar-refractivity contribution in [2.24, 2.45) is 0 Å². The van der Waals surface area contributed by atoms with Crippen LogP contribution in [0.3, 0.4) is 0 Å². The average Bonchev–Trinajstić information content (AvgIpc) is 3.44. The van der Waals surface area contributed by atoms with Gasteiger partial charge in [-0.25, -0.2) is 0 Å². The van der Waals surface area contributed by atoms with Crippen LogP contribution in [-0.4, -0.2) is 47.4 Å². The lowest BCUT2D eigenvalue weighted by Crippen LogP contribution is -2.45. The second kappa shape index (κ2) is 67.6. The van der Waals surface area contributed by atoms with E-state index in [4.69, 9.17) is 4.74 Å². The van der Waals surface area contributed by atoms with Crippen molar-refractivity contribution in [1.82, 2.24) is 5.32 Å². The minimum atomic E-state index is -0.672. The molecule has 3 N–H and O–H groups in total. The van der Waals surface area contributed by atoms with Gasteiger partial charge in [0.1, 0.15) is 0 Å². The third-order valence-electron chi connectivity index (χ3n) is 16.4. The summed E-state index contributed by atoms with van der Waals surface area (Å²) < 4.78 is 5.50. The molecule has 2 atom stereocenters. The molecular weight excluding hydrogens is 959 g/mol. The van der Waals surface area contributed by atoms with E-state index in [1.807, 2.05) is 0 Å². The molecule has 0 saturated carbocycles. The molecule has 0 aliphatic rings. The maximum atomic E-state index is 12.5. The van der Waals surface area contributed by atoms with E-state index >= 15 is 0 Å².